The van der Waals surface area contributed by atoms with Gasteiger partial charge in [-0.05, 0) is 58.1 Å². The van der Waals surface area contributed by atoms with Gasteiger partial charge in [-0.25, -0.2) is 0 Å². The Balaban J connectivity index is 1.60. The number of pyridine rings is 1. The van der Waals surface area contributed by atoms with Crippen LogP contribution in [0, 0.1) is 0 Å². The summed E-state index contributed by atoms with van der Waals surface area (Å²) in [6.45, 7) is 0.875. The Morgan fingerprint density at radius 2 is 1.31 bits per heavy atom. The first-order valence-corrected chi connectivity index (χ1v) is 11.0. The minimum atomic E-state index is 0.875. The fraction of sp³-hybridized carbons (Fsp3) is 0.0333. The number of fused-ring (bicyclic) bond motifs is 5. The van der Waals surface area contributed by atoms with Crippen molar-refractivity contribution in [3.05, 3.63) is 115 Å². The summed E-state index contributed by atoms with van der Waals surface area (Å²) in [5.41, 5.74) is 11.4. The van der Waals surface area contributed by atoms with E-state index >= 15 is 0 Å². The van der Waals surface area contributed by atoms with E-state index in [1.165, 1.54) is 60.8 Å². The Labute approximate surface area is 186 Å². The Morgan fingerprint density at radius 1 is 0.594 bits per heavy atom. The van der Waals surface area contributed by atoms with Crippen molar-refractivity contribution in [3.8, 4) is 33.4 Å². The molecule has 0 aliphatic carbocycles. The third-order valence-electron chi connectivity index (χ3n) is 6.70. The predicted octanol–water partition coefficient (Wildman–Crippen LogP) is 7.55. The smallest absolute Gasteiger partial charge is 0.0575 e. The highest BCUT2D eigenvalue weighted by atomic mass is 15.0. The molecule has 0 bridgehead atoms. The summed E-state index contributed by atoms with van der Waals surface area (Å²) in [6.07, 6.45) is 3.93. The molecule has 2 nitrogen and oxygen atoms in total. The monoisotopic (exact) mass is 408 g/mol. The average Bonchev–Trinajstić information content (AvgIpc) is 3.18. The van der Waals surface area contributed by atoms with Crippen molar-refractivity contribution in [1.82, 2.24) is 9.55 Å². The quantitative estimate of drug-likeness (QED) is 0.289. The van der Waals surface area contributed by atoms with Crippen LogP contribution in [-0.2, 0) is 6.54 Å². The van der Waals surface area contributed by atoms with Gasteiger partial charge in [-0.3, -0.25) is 4.98 Å². The van der Waals surface area contributed by atoms with Gasteiger partial charge in [0.25, 0.3) is 0 Å². The summed E-state index contributed by atoms with van der Waals surface area (Å²) in [6, 6.07) is 35.1. The van der Waals surface area contributed by atoms with E-state index in [2.05, 4.69) is 107 Å². The molecule has 0 amide bonds. The van der Waals surface area contributed by atoms with Gasteiger partial charge in [-0.2, -0.15) is 0 Å². The van der Waals surface area contributed by atoms with E-state index in [9.17, 15) is 0 Å². The molecule has 3 heterocycles. The molecule has 0 radical (unpaired) electrons. The van der Waals surface area contributed by atoms with Crippen molar-refractivity contribution >= 4 is 21.8 Å². The van der Waals surface area contributed by atoms with Crippen LogP contribution < -0.4 is 0 Å². The second-order valence-electron chi connectivity index (χ2n) is 8.50. The van der Waals surface area contributed by atoms with E-state index in [4.69, 9.17) is 0 Å². The lowest BCUT2D eigenvalue weighted by atomic mass is 9.92. The lowest BCUT2D eigenvalue weighted by Gasteiger charge is -2.21. The minimum Gasteiger partial charge on any atom is -0.335 e. The van der Waals surface area contributed by atoms with Crippen LogP contribution in [0.15, 0.2) is 109 Å². The zero-order valence-corrected chi connectivity index (χ0v) is 17.5. The van der Waals surface area contributed by atoms with Crippen molar-refractivity contribution < 1.29 is 0 Å². The Hall–Kier alpha value is -4.17. The van der Waals surface area contributed by atoms with Crippen LogP contribution >= 0.6 is 0 Å². The molecule has 2 aromatic heterocycles. The molecular weight excluding hydrogens is 388 g/mol. The number of rotatable bonds is 2. The van der Waals surface area contributed by atoms with Gasteiger partial charge in [-0.1, -0.05) is 66.7 Å². The number of hydrogen-bond donors (Lipinski definition) is 0. The number of hydrogen-bond acceptors (Lipinski definition) is 1. The van der Waals surface area contributed by atoms with Crippen LogP contribution in [0.2, 0.25) is 0 Å². The van der Waals surface area contributed by atoms with Crippen LogP contribution in [0.4, 0.5) is 0 Å². The lowest BCUT2D eigenvalue weighted by molar-refractivity contribution is 0.857. The minimum absolute atomic E-state index is 0.875. The highest BCUT2D eigenvalue weighted by Gasteiger charge is 2.23. The topological polar surface area (TPSA) is 17.8 Å². The predicted molar refractivity (Wildman–Crippen MR) is 133 cm³/mol. The largest absolute Gasteiger partial charge is 0.335 e. The van der Waals surface area contributed by atoms with Crippen LogP contribution in [0.5, 0.6) is 0 Å². The normalized spacial score (nSPS) is 12.2. The van der Waals surface area contributed by atoms with Crippen LogP contribution in [0.3, 0.4) is 0 Å². The number of benzene rings is 4. The molecule has 0 fully saturated rings. The molecule has 1 aliphatic heterocycles. The zero-order valence-electron chi connectivity index (χ0n) is 17.5. The van der Waals surface area contributed by atoms with Crippen molar-refractivity contribution in [2.24, 2.45) is 0 Å². The molecule has 0 saturated carbocycles. The van der Waals surface area contributed by atoms with Crippen LogP contribution in [0.25, 0.3) is 55.2 Å². The van der Waals surface area contributed by atoms with E-state index in [0.717, 1.165) is 6.54 Å². The van der Waals surface area contributed by atoms with Gasteiger partial charge in [0.05, 0.1) is 5.52 Å². The fourth-order valence-corrected chi connectivity index (χ4v) is 5.19. The fourth-order valence-electron chi connectivity index (χ4n) is 5.19. The van der Waals surface area contributed by atoms with Gasteiger partial charge in [0.2, 0.25) is 0 Å². The molecule has 1 aliphatic rings. The molecule has 150 valence electrons. The number of nitrogens with zero attached hydrogens (tertiary/aromatic N) is 2. The zero-order chi connectivity index (χ0) is 21.1. The second kappa shape index (κ2) is 6.66. The maximum Gasteiger partial charge on any atom is 0.0575 e. The van der Waals surface area contributed by atoms with Crippen LogP contribution in [0.1, 0.15) is 5.56 Å². The summed E-state index contributed by atoms with van der Waals surface area (Å²) in [5, 5.41) is 2.62. The van der Waals surface area contributed by atoms with Crippen molar-refractivity contribution in [2.75, 3.05) is 0 Å². The van der Waals surface area contributed by atoms with Gasteiger partial charge < -0.3 is 4.57 Å². The summed E-state index contributed by atoms with van der Waals surface area (Å²) in [7, 11) is 0. The van der Waals surface area contributed by atoms with Crippen molar-refractivity contribution in [2.45, 2.75) is 6.54 Å². The summed E-state index contributed by atoms with van der Waals surface area (Å²) in [4.78, 5) is 4.46. The van der Waals surface area contributed by atoms with E-state index in [1.807, 2.05) is 12.4 Å². The highest BCUT2D eigenvalue weighted by Crippen LogP contribution is 2.44. The van der Waals surface area contributed by atoms with Gasteiger partial charge in [0.1, 0.15) is 0 Å². The molecule has 0 atom stereocenters. The molecule has 0 unspecified atom stereocenters. The van der Waals surface area contributed by atoms with E-state index < -0.39 is 0 Å². The molecule has 0 N–H and O–H groups in total. The molecular formula is C30H20N2. The second-order valence-corrected chi connectivity index (χ2v) is 8.50. The van der Waals surface area contributed by atoms with Gasteiger partial charge in [0, 0.05) is 46.4 Å². The Kier molecular flexibility index (Phi) is 3.65. The first-order chi connectivity index (χ1) is 15.9. The van der Waals surface area contributed by atoms with E-state index in [0.29, 0.717) is 0 Å². The molecule has 32 heavy (non-hydrogen) atoms. The Bertz CT molecular complexity index is 1630. The average molecular weight is 409 g/mol. The summed E-state index contributed by atoms with van der Waals surface area (Å²) in [5.74, 6) is 0. The molecule has 0 spiro atoms. The van der Waals surface area contributed by atoms with Crippen molar-refractivity contribution in [3.63, 3.8) is 0 Å². The molecule has 2 heteroatoms. The molecule has 0 saturated heterocycles. The lowest BCUT2D eigenvalue weighted by Crippen LogP contribution is -2.07. The SMILES string of the molecule is c1ccc(-c2ccc3c(c2)c2cc(-c4ccccc4)cc4c2n3Cc2ccncc2-4)cc1. The van der Waals surface area contributed by atoms with Gasteiger partial charge in [0.15, 0.2) is 0 Å². The van der Waals surface area contributed by atoms with Gasteiger partial charge in [-0.15, -0.1) is 0 Å². The third kappa shape index (κ3) is 2.50. The summed E-state index contributed by atoms with van der Waals surface area (Å²) < 4.78 is 2.48. The standard InChI is InChI=1S/C30H20N2/c1-3-7-20(8-4-1)22-11-12-29-25(15-22)26-16-24(21-9-5-2-6-10-21)17-27-28-18-31-14-13-23(28)19-32(29)30(26)27/h1-18H,19H2. The molecule has 4 aromatic carbocycles. The first kappa shape index (κ1) is 17.5. The van der Waals surface area contributed by atoms with E-state index in [1.54, 1.807) is 0 Å². The molecule has 7 rings (SSSR count). The maximum absolute atomic E-state index is 4.46. The van der Waals surface area contributed by atoms with E-state index in [-0.39, 0.29) is 0 Å². The summed E-state index contributed by atoms with van der Waals surface area (Å²) >= 11 is 0. The maximum atomic E-state index is 4.46. The first-order valence-electron chi connectivity index (χ1n) is 11.0. The third-order valence-corrected chi connectivity index (χ3v) is 6.70. The van der Waals surface area contributed by atoms with Gasteiger partial charge >= 0.3 is 0 Å². The number of aromatic nitrogens is 2. The van der Waals surface area contributed by atoms with Crippen molar-refractivity contribution in [1.29, 1.82) is 0 Å². The van der Waals surface area contributed by atoms with Crippen LogP contribution in [-0.4, -0.2) is 9.55 Å². The Morgan fingerprint density at radius 3 is 2.09 bits per heavy atom. The highest BCUT2D eigenvalue weighted by molar-refractivity contribution is 6.16. The molecule has 6 aromatic rings.